The van der Waals surface area contributed by atoms with E-state index in [9.17, 15) is 9.59 Å². The molecule has 0 aliphatic heterocycles. The second-order valence-corrected chi connectivity index (χ2v) is 9.17. The summed E-state index contributed by atoms with van der Waals surface area (Å²) in [6.07, 6.45) is 6.57. The highest BCUT2D eigenvalue weighted by Gasteiger charge is 2.26. The first-order chi connectivity index (χ1) is 13.5. The van der Waals surface area contributed by atoms with Crippen LogP contribution in [0.1, 0.15) is 59.3 Å². The average Bonchev–Trinajstić information content (AvgIpc) is 2.69. The molecule has 0 saturated heterocycles. The maximum atomic E-state index is 13.0. The van der Waals surface area contributed by atoms with Crippen molar-refractivity contribution in [1.29, 1.82) is 0 Å². The Morgan fingerprint density at radius 2 is 2.07 bits per heavy atom. The molecule has 28 heavy (non-hydrogen) atoms. The molecule has 1 N–H and O–H groups in total. The average molecular weight is 402 g/mol. The molecule has 3 rings (SSSR count). The fraction of sp³-hybridized carbons (Fsp3) is 0.591. The molecule has 1 aliphatic carbocycles. The largest absolute Gasteiger partial charge is 0.352 e. The third-order valence-electron chi connectivity index (χ3n) is 5.65. The molecule has 6 heteroatoms. The van der Waals surface area contributed by atoms with Gasteiger partial charge in [-0.25, -0.2) is 4.98 Å². The Labute approximate surface area is 171 Å². The van der Waals surface area contributed by atoms with Gasteiger partial charge in [0.2, 0.25) is 5.91 Å². The Kier molecular flexibility index (Phi) is 7.16. The van der Waals surface area contributed by atoms with E-state index in [2.05, 4.69) is 19.2 Å². The van der Waals surface area contributed by atoms with Crippen LogP contribution in [-0.2, 0) is 11.3 Å². The van der Waals surface area contributed by atoms with E-state index < -0.39 is 0 Å². The third-order valence-corrected chi connectivity index (χ3v) is 6.74. The summed E-state index contributed by atoms with van der Waals surface area (Å²) < 4.78 is 1.74. The number of rotatable bonds is 7. The highest BCUT2D eigenvalue weighted by molar-refractivity contribution is 8.00. The zero-order valence-corrected chi connectivity index (χ0v) is 17.9. The van der Waals surface area contributed by atoms with E-state index in [4.69, 9.17) is 4.98 Å². The Balaban J connectivity index is 1.81. The number of hydrogen-bond acceptors (Lipinski definition) is 4. The lowest BCUT2D eigenvalue weighted by molar-refractivity contribution is -0.121. The second kappa shape index (κ2) is 9.59. The number of amides is 1. The minimum absolute atomic E-state index is 0.0185. The van der Waals surface area contributed by atoms with Gasteiger partial charge < -0.3 is 5.32 Å². The van der Waals surface area contributed by atoms with Gasteiger partial charge in [-0.05, 0) is 44.2 Å². The van der Waals surface area contributed by atoms with E-state index in [1.807, 2.05) is 31.2 Å². The summed E-state index contributed by atoms with van der Waals surface area (Å²) in [6.45, 7) is 6.85. The summed E-state index contributed by atoms with van der Waals surface area (Å²) in [5.74, 6) is 0.560. The summed E-state index contributed by atoms with van der Waals surface area (Å²) in [5, 5.41) is 4.20. The van der Waals surface area contributed by atoms with Gasteiger partial charge in [0, 0.05) is 12.6 Å². The predicted molar refractivity (Wildman–Crippen MR) is 116 cm³/mol. The van der Waals surface area contributed by atoms with E-state index in [1.54, 1.807) is 4.57 Å². The molecule has 3 atom stereocenters. The number of para-hydroxylation sites is 1. The topological polar surface area (TPSA) is 64.0 Å². The van der Waals surface area contributed by atoms with Crippen molar-refractivity contribution in [2.45, 2.75) is 82.3 Å². The van der Waals surface area contributed by atoms with E-state index in [1.165, 1.54) is 31.0 Å². The molecule has 5 nitrogen and oxygen atoms in total. The van der Waals surface area contributed by atoms with Crippen LogP contribution in [0.5, 0.6) is 0 Å². The molecule has 2 aromatic rings. The normalized spacial score (nSPS) is 20.8. The number of hydrogen-bond donors (Lipinski definition) is 1. The predicted octanol–water partition coefficient (Wildman–Crippen LogP) is 4.37. The lowest BCUT2D eigenvalue weighted by atomic mass is 9.86. The highest BCUT2D eigenvalue weighted by Crippen LogP contribution is 2.26. The molecular formula is C22H31N3O2S. The zero-order valence-electron chi connectivity index (χ0n) is 17.1. The van der Waals surface area contributed by atoms with Crippen molar-refractivity contribution in [1.82, 2.24) is 14.9 Å². The van der Waals surface area contributed by atoms with Crippen LogP contribution in [0.4, 0.5) is 0 Å². The molecule has 1 saturated carbocycles. The van der Waals surface area contributed by atoms with Gasteiger partial charge in [-0.3, -0.25) is 14.2 Å². The minimum Gasteiger partial charge on any atom is -0.352 e. The first-order valence-electron chi connectivity index (χ1n) is 10.5. The maximum Gasteiger partial charge on any atom is 0.262 e. The first kappa shape index (κ1) is 20.9. The SMILES string of the molecule is CCCCn1c(S[C@@H](C)C(=O)N[C@H]2CCCC[C@@H]2C)nc2ccccc2c1=O. The van der Waals surface area contributed by atoms with Crippen LogP contribution in [0.3, 0.4) is 0 Å². The van der Waals surface area contributed by atoms with Crippen LogP contribution in [0.2, 0.25) is 0 Å². The molecule has 1 amide bonds. The van der Waals surface area contributed by atoms with Crippen LogP contribution in [0, 0.1) is 5.92 Å². The summed E-state index contributed by atoms with van der Waals surface area (Å²) in [4.78, 5) is 30.5. The number of nitrogens with one attached hydrogen (secondary N) is 1. The third kappa shape index (κ3) is 4.77. The van der Waals surface area contributed by atoms with Crippen LogP contribution in [0.15, 0.2) is 34.2 Å². The smallest absolute Gasteiger partial charge is 0.262 e. The van der Waals surface area contributed by atoms with Gasteiger partial charge in [-0.1, -0.05) is 57.0 Å². The number of benzene rings is 1. The fourth-order valence-corrected chi connectivity index (χ4v) is 4.74. The van der Waals surface area contributed by atoms with Gasteiger partial charge in [0.05, 0.1) is 16.2 Å². The van der Waals surface area contributed by atoms with Gasteiger partial charge in [-0.15, -0.1) is 0 Å². The lowest BCUT2D eigenvalue weighted by Gasteiger charge is -2.30. The number of fused-ring (bicyclic) bond motifs is 1. The van der Waals surface area contributed by atoms with E-state index in [0.717, 1.165) is 19.3 Å². The summed E-state index contributed by atoms with van der Waals surface area (Å²) in [6, 6.07) is 7.70. The van der Waals surface area contributed by atoms with Crippen LogP contribution in [-0.4, -0.2) is 26.8 Å². The van der Waals surface area contributed by atoms with E-state index in [-0.39, 0.29) is 22.8 Å². The number of aromatic nitrogens is 2. The quantitative estimate of drug-likeness (QED) is 0.553. The molecule has 0 unspecified atom stereocenters. The fourth-order valence-electron chi connectivity index (χ4n) is 3.79. The lowest BCUT2D eigenvalue weighted by Crippen LogP contribution is -2.44. The van der Waals surface area contributed by atoms with Crippen molar-refractivity contribution in [3.8, 4) is 0 Å². The van der Waals surface area contributed by atoms with Crippen LogP contribution >= 0.6 is 11.8 Å². The standard InChI is InChI=1S/C22H31N3O2S/c1-4-5-14-25-21(27)17-11-7-9-13-19(17)24-22(25)28-16(3)20(26)23-18-12-8-6-10-15(18)2/h7,9,11,13,15-16,18H,4-6,8,10,12,14H2,1-3H3,(H,23,26)/t15-,16-,18-/m0/s1. The van der Waals surface area contributed by atoms with Crippen molar-refractivity contribution in [2.75, 3.05) is 0 Å². The summed E-state index contributed by atoms with van der Waals surface area (Å²) in [5.41, 5.74) is 0.673. The first-order valence-corrected chi connectivity index (χ1v) is 11.4. The summed E-state index contributed by atoms with van der Waals surface area (Å²) >= 11 is 1.39. The van der Waals surface area contributed by atoms with Gasteiger partial charge in [0.15, 0.2) is 5.16 Å². The van der Waals surface area contributed by atoms with Crippen molar-refractivity contribution in [3.63, 3.8) is 0 Å². The second-order valence-electron chi connectivity index (χ2n) is 7.86. The number of carbonyl (C=O) groups is 1. The maximum absolute atomic E-state index is 13.0. The van der Waals surface area contributed by atoms with Crippen molar-refractivity contribution in [3.05, 3.63) is 34.6 Å². The van der Waals surface area contributed by atoms with E-state index in [0.29, 0.717) is 28.5 Å². The Morgan fingerprint density at radius 1 is 1.32 bits per heavy atom. The number of nitrogens with zero attached hydrogens (tertiary/aromatic N) is 2. The molecule has 0 spiro atoms. The highest BCUT2D eigenvalue weighted by atomic mass is 32.2. The van der Waals surface area contributed by atoms with Crippen molar-refractivity contribution < 1.29 is 4.79 Å². The number of carbonyl (C=O) groups excluding carboxylic acids is 1. The Bertz CT molecular complexity index is 880. The molecule has 1 heterocycles. The van der Waals surface area contributed by atoms with Crippen LogP contribution in [0.25, 0.3) is 10.9 Å². The Hall–Kier alpha value is -1.82. The van der Waals surface area contributed by atoms with Crippen molar-refractivity contribution in [2.24, 2.45) is 5.92 Å². The molecular weight excluding hydrogens is 370 g/mol. The van der Waals surface area contributed by atoms with Gasteiger partial charge >= 0.3 is 0 Å². The monoisotopic (exact) mass is 401 g/mol. The van der Waals surface area contributed by atoms with Gasteiger partial charge in [0.25, 0.3) is 5.56 Å². The summed E-state index contributed by atoms with van der Waals surface area (Å²) in [7, 11) is 0. The molecule has 152 valence electrons. The molecule has 0 bridgehead atoms. The molecule has 1 aliphatic rings. The van der Waals surface area contributed by atoms with Crippen molar-refractivity contribution >= 4 is 28.6 Å². The van der Waals surface area contributed by atoms with Gasteiger partial charge in [0.1, 0.15) is 0 Å². The number of unbranched alkanes of at least 4 members (excludes halogenated alkanes) is 1. The molecule has 1 fully saturated rings. The van der Waals surface area contributed by atoms with Crippen LogP contribution < -0.4 is 10.9 Å². The Morgan fingerprint density at radius 3 is 2.82 bits per heavy atom. The number of thioether (sulfide) groups is 1. The molecule has 0 radical (unpaired) electrons. The molecule has 1 aromatic heterocycles. The molecule has 1 aromatic carbocycles. The zero-order chi connectivity index (χ0) is 20.1. The van der Waals surface area contributed by atoms with Gasteiger partial charge in [-0.2, -0.15) is 0 Å². The van der Waals surface area contributed by atoms with E-state index >= 15 is 0 Å². The minimum atomic E-state index is -0.296.